The Morgan fingerprint density at radius 1 is 1.18 bits per heavy atom. The summed E-state index contributed by atoms with van der Waals surface area (Å²) in [6.07, 6.45) is 1.98. The molecule has 1 N–H and O–H groups in total. The summed E-state index contributed by atoms with van der Waals surface area (Å²) in [6.45, 7) is 4.07. The molecule has 0 saturated heterocycles. The van der Waals surface area contributed by atoms with Gasteiger partial charge in [0.2, 0.25) is 5.91 Å². The molecule has 3 rings (SSSR count). The van der Waals surface area contributed by atoms with Gasteiger partial charge < -0.3 is 9.73 Å². The molecular formula is C18H16INO2. The summed E-state index contributed by atoms with van der Waals surface area (Å²) in [6, 6.07) is 11.9. The largest absolute Gasteiger partial charge is 0.464 e. The van der Waals surface area contributed by atoms with Crippen LogP contribution in [0.5, 0.6) is 0 Å². The predicted molar refractivity (Wildman–Crippen MR) is 97.2 cm³/mol. The van der Waals surface area contributed by atoms with E-state index in [9.17, 15) is 4.79 Å². The number of hydrogen-bond acceptors (Lipinski definition) is 2. The van der Waals surface area contributed by atoms with E-state index < -0.39 is 0 Å². The second kappa shape index (κ2) is 6.12. The topological polar surface area (TPSA) is 42.2 Å². The van der Waals surface area contributed by atoms with E-state index in [2.05, 4.69) is 27.9 Å². The van der Waals surface area contributed by atoms with E-state index in [0.29, 0.717) is 6.42 Å². The van der Waals surface area contributed by atoms with Crippen LogP contribution in [0.25, 0.3) is 11.0 Å². The molecule has 3 nitrogen and oxygen atoms in total. The fourth-order valence-corrected chi connectivity index (χ4v) is 2.89. The summed E-state index contributed by atoms with van der Waals surface area (Å²) in [4.78, 5) is 12.2. The lowest BCUT2D eigenvalue weighted by atomic mass is 10.1. The maximum atomic E-state index is 12.2. The summed E-state index contributed by atoms with van der Waals surface area (Å²) in [5.74, 6) is -0.0390. The minimum atomic E-state index is -0.0390. The van der Waals surface area contributed by atoms with Gasteiger partial charge in [0.1, 0.15) is 5.58 Å². The number of halogens is 1. The molecule has 22 heavy (non-hydrogen) atoms. The van der Waals surface area contributed by atoms with Gasteiger partial charge in [-0.25, -0.2) is 0 Å². The van der Waals surface area contributed by atoms with Gasteiger partial charge in [0.15, 0.2) is 0 Å². The van der Waals surface area contributed by atoms with Gasteiger partial charge in [-0.05, 0) is 65.8 Å². The van der Waals surface area contributed by atoms with Crippen LogP contribution in [0.2, 0.25) is 0 Å². The average molecular weight is 405 g/mol. The molecule has 0 bridgehead atoms. The van der Waals surface area contributed by atoms with Crippen LogP contribution in [0.1, 0.15) is 16.7 Å². The Morgan fingerprint density at radius 2 is 2.00 bits per heavy atom. The molecule has 1 aromatic heterocycles. The highest BCUT2D eigenvalue weighted by Crippen LogP contribution is 2.23. The molecule has 2 aromatic carbocycles. The summed E-state index contributed by atoms with van der Waals surface area (Å²) in [5.41, 5.74) is 4.91. The lowest BCUT2D eigenvalue weighted by molar-refractivity contribution is -0.115. The third kappa shape index (κ3) is 3.16. The van der Waals surface area contributed by atoms with Crippen LogP contribution in [0.3, 0.4) is 0 Å². The Morgan fingerprint density at radius 3 is 2.77 bits per heavy atom. The SMILES string of the molecule is Cc1ccc2c(CC(=O)Nc3ccc(C)c(I)c3)coc2c1. The minimum Gasteiger partial charge on any atom is -0.464 e. The van der Waals surface area contributed by atoms with Crippen molar-refractivity contribution >= 4 is 45.2 Å². The van der Waals surface area contributed by atoms with Crippen molar-refractivity contribution in [3.63, 3.8) is 0 Å². The number of anilines is 1. The van der Waals surface area contributed by atoms with Crippen LogP contribution in [-0.2, 0) is 11.2 Å². The monoisotopic (exact) mass is 405 g/mol. The Labute approximate surface area is 142 Å². The molecule has 0 saturated carbocycles. The number of furan rings is 1. The van der Waals surface area contributed by atoms with Gasteiger partial charge in [-0.1, -0.05) is 18.2 Å². The van der Waals surface area contributed by atoms with Crippen LogP contribution < -0.4 is 5.32 Å². The maximum absolute atomic E-state index is 12.2. The summed E-state index contributed by atoms with van der Waals surface area (Å²) < 4.78 is 6.67. The normalized spacial score (nSPS) is 10.9. The number of rotatable bonds is 3. The minimum absolute atomic E-state index is 0.0390. The third-order valence-electron chi connectivity index (χ3n) is 3.62. The second-order valence-electron chi connectivity index (χ2n) is 5.45. The van der Waals surface area contributed by atoms with Crippen molar-refractivity contribution in [3.8, 4) is 0 Å². The number of carbonyl (C=O) groups is 1. The fourth-order valence-electron chi connectivity index (χ4n) is 2.38. The number of benzene rings is 2. The smallest absolute Gasteiger partial charge is 0.228 e. The molecule has 1 heterocycles. The number of hydrogen-bond donors (Lipinski definition) is 1. The molecular weight excluding hydrogens is 389 g/mol. The predicted octanol–water partition coefficient (Wildman–Crippen LogP) is 4.84. The second-order valence-corrected chi connectivity index (χ2v) is 6.61. The van der Waals surface area contributed by atoms with Gasteiger partial charge >= 0.3 is 0 Å². The molecule has 0 unspecified atom stereocenters. The average Bonchev–Trinajstić information content (AvgIpc) is 2.85. The van der Waals surface area contributed by atoms with Crippen molar-refractivity contribution < 1.29 is 9.21 Å². The molecule has 0 fully saturated rings. The van der Waals surface area contributed by atoms with Gasteiger partial charge in [0, 0.05) is 20.2 Å². The summed E-state index contributed by atoms with van der Waals surface area (Å²) in [7, 11) is 0. The van der Waals surface area contributed by atoms with Crippen molar-refractivity contribution in [1.29, 1.82) is 0 Å². The van der Waals surface area contributed by atoms with E-state index in [0.717, 1.165) is 31.4 Å². The first kappa shape index (κ1) is 15.1. The van der Waals surface area contributed by atoms with Crippen LogP contribution in [0.4, 0.5) is 5.69 Å². The van der Waals surface area contributed by atoms with Crippen molar-refractivity contribution in [3.05, 3.63) is 62.9 Å². The van der Waals surface area contributed by atoms with Gasteiger partial charge in [0.25, 0.3) is 0 Å². The van der Waals surface area contributed by atoms with E-state index in [1.54, 1.807) is 6.26 Å². The van der Waals surface area contributed by atoms with E-state index in [1.165, 1.54) is 5.56 Å². The zero-order chi connectivity index (χ0) is 15.7. The zero-order valence-electron chi connectivity index (χ0n) is 12.4. The quantitative estimate of drug-likeness (QED) is 0.634. The first-order chi connectivity index (χ1) is 10.5. The van der Waals surface area contributed by atoms with E-state index in [1.807, 2.05) is 50.2 Å². The number of carbonyl (C=O) groups excluding carboxylic acids is 1. The molecule has 0 spiro atoms. The van der Waals surface area contributed by atoms with Gasteiger partial charge in [-0.3, -0.25) is 4.79 Å². The van der Waals surface area contributed by atoms with Crippen molar-refractivity contribution in [2.45, 2.75) is 20.3 Å². The van der Waals surface area contributed by atoms with E-state index in [4.69, 9.17) is 4.42 Å². The lowest BCUT2D eigenvalue weighted by Gasteiger charge is -2.06. The molecule has 4 heteroatoms. The number of fused-ring (bicyclic) bond motifs is 1. The van der Waals surface area contributed by atoms with Crippen LogP contribution in [0, 0.1) is 17.4 Å². The van der Waals surface area contributed by atoms with Crippen LogP contribution in [0.15, 0.2) is 47.1 Å². The molecule has 1 amide bonds. The molecule has 0 atom stereocenters. The number of aryl methyl sites for hydroxylation is 2. The van der Waals surface area contributed by atoms with Crippen molar-refractivity contribution in [2.75, 3.05) is 5.32 Å². The molecule has 3 aromatic rings. The van der Waals surface area contributed by atoms with Gasteiger partial charge in [-0.2, -0.15) is 0 Å². The van der Waals surface area contributed by atoms with Crippen LogP contribution in [-0.4, -0.2) is 5.91 Å². The molecule has 0 radical (unpaired) electrons. The Balaban J connectivity index is 1.76. The van der Waals surface area contributed by atoms with E-state index >= 15 is 0 Å². The molecule has 112 valence electrons. The van der Waals surface area contributed by atoms with Gasteiger partial charge in [-0.15, -0.1) is 0 Å². The first-order valence-corrected chi connectivity index (χ1v) is 8.13. The highest BCUT2D eigenvalue weighted by molar-refractivity contribution is 14.1. The number of amides is 1. The summed E-state index contributed by atoms with van der Waals surface area (Å²) in [5, 5.41) is 3.94. The standard InChI is InChI=1S/C18H16INO2/c1-11-3-6-15-13(10-22-17(15)7-11)8-18(21)20-14-5-4-12(2)16(19)9-14/h3-7,9-10H,8H2,1-2H3,(H,20,21). The van der Waals surface area contributed by atoms with Gasteiger partial charge in [0.05, 0.1) is 12.7 Å². The zero-order valence-corrected chi connectivity index (χ0v) is 14.6. The van der Waals surface area contributed by atoms with Crippen molar-refractivity contribution in [1.82, 2.24) is 0 Å². The Kier molecular flexibility index (Phi) is 4.20. The number of nitrogens with one attached hydrogen (secondary N) is 1. The lowest BCUT2D eigenvalue weighted by Crippen LogP contribution is -2.14. The molecule has 0 aliphatic rings. The fraction of sp³-hybridized carbons (Fsp3) is 0.167. The highest BCUT2D eigenvalue weighted by Gasteiger charge is 2.11. The highest BCUT2D eigenvalue weighted by atomic mass is 127. The Hall–Kier alpha value is -1.82. The Bertz CT molecular complexity index is 851. The third-order valence-corrected chi connectivity index (χ3v) is 4.78. The molecule has 0 aliphatic carbocycles. The molecule has 0 aliphatic heterocycles. The van der Waals surface area contributed by atoms with Crippen molar-refractivity contribution in [2.24, 2.45) is 0 Å². The van der Waals surface area contributed by atoms with Crippen LogP contribution >= 0.6 is 22.6 Å². The summed E-state index contributed by atoms with van der Waals surface area (Å²) >= 11 is 2.27. The first-order valence-electron chi connectivity index (χ1n) is 7.05. The van der Waals surface area contributed by atoms with E-state index in [-0.39, 0.29) is 5.91 Å². The maximum Gasteiger partial charge on any atom is 0.228 e.